The molecule has 2 aromatic carbocycles. The fourth-order valence-corrected chi connectivity index (χ4v) is 2.29. The van der Waals surface area contributed by atoms with E-state index in [-0.39, 0.29) is 10.5 Å². The van der Waals surface area contributed by atoms with Gasteiger partial charge in [0.15, 0.2) is 0 Å². The molecule has 0 N–H and O–H groups in total. The van der Waals surface area contributed by atoms with E-state index in [1.807, 2.05) is 25.1 Å². The Kier molecular flexibility index (Phi) is 3.67. The van der Waals surface area contributed by atoms with E-state index in [9.17, 15) is 4.79 Å². The van der Waals surface area contributed by atoms with Crippen molar-refractivity contribution in [2.75, 3.05) is 0 Å². The van der Waals surface area contributed by atoms with E-state index in [4.69, 9.17) is 20.8 Å². The Hall–Kier alpha value is -2.26. The first-order valence-corrected chi connectivity index (χ1v) is 6.91. The van der Waals surface area contributed by atoms with Crippen LogP contribution in [0.5, 0.6) is 5.75 Å². The quantitative estimate of drug-likeness (QED) is 0.722. The molecule has 3 aromatic rings. The van der Waals surface area contributed by atoms with Crippen LogP contribution in [0.3, 0.4) is 0 Å². The first kappa shape index (κ1) is 13.7. The van der Waals surface area contributed by atoms with E-state index in [0.717, 1.165) is 5.56 Å². The van der Waals surface area contributed by atoms with Gasteiger partial charge < -0.3 is 9.15 Å². The minimum atomic E-state index is -0.233. The lowest BCUT2D eigenvalue weighted by molar-refractivity contribution is 0.306. The summed E-state index contributed by atoms with van der Waals surface area (Å²) in [5.41, 5.74) is 2.51. The van der Waals surface area contributed by atoms with Gasteiger partial charge in [-0.2, -0.15) is 0 Å². The van der Waals surface area contributed by atoms with Crippen molar-refractivity contribution in [2.24, 2.45) is 0 Å². The number of fused-ring (bicyclic) bond motifs is 1. The van der Waals surface area contributed by atoms with Crippen LogP contribution in [0.15, 0.2) is 57.9 Å². The normalized spacial score (nSPS) is 10.8. The highest BCUT2D eigenvalue weighted by atomic mass is 35.5. The summed E-state index contributed by atoms with van der Waals surface area (Å²) in [7, 11) is 0. The molecule has 3 rings (SSSR count). The minimum Gasteiger partial charge on any atom is -0.489 e. The first-order valence-electron chi connectivity index (χ1n) is 6.53. The molecule has 0 radical (unpaired) electrons. The van der Waals surface area contributed by atoms with Crippen molar-refractivity contribution < 1.29 is 9.15 Å². The highest BCUT2D eigenvalue weighted by molar-refractivity contribution is 6.30. The van der Waals surface area contributed by atoms with Gasteiger partial charge in [-0.1, -0.05) is 41.4 Å². The summed E-state index contributed by atoms with van der Waals surface area (Å²) in [4.78, 5) is 11.8. The van der Waals surface area contributed by atoms with E-state index < -0.39 is 0 Å². The van der Waals surface area contributed by atoms with Gasteiger partial charge in [0, 0.05) is 6.07 Å². The van der Waals surface area contributed by atoms with E-state index in [0.29, 0.717) is 23.3 Å². The maximum absolute atomic E-state index is 11.8. The predicted octanol–water partition coefficient (Wildman–Crippen LogP) is 4.33. The van der Waals surface area contributed by atoms with Crippen LogP contribution < -0.4 is 10.2 Å². The molecular formula is C17H13ClO3. The lowest BCUT2D eigenvalue weighted by Crippen LogP contribution is -2.01. The van der Waals surface area contributed by atoms with Crippen LogP contribution in [-0.4, -0.2) is 0 Å². The van der Waals surface area contributed by atoms with E-state index >= 15 is 0 Å². The van der Waals surface area contributed by atoms with Gasteiger partial charge in [0.2, 0.25) is 5.43 Å². The summed E-state index contributed by atoms with van der Waals surface area (Å²) in [5, 5.41) is 0.529. The summed E-state index contributed by atoms with van der Waals surface area (Å²) < 4.78 is 11.1. The van der Waals surface area contributed by atoms with Gasteiger partial charge >= 0.3 is 0 Å². The molecule has 0 aliphatic carbocycles. The number of hydrogen-bond acceptors (Lipinski definition) is 3. The zero-order valence-electron chi connectivity index (χ0n) is 11.4. The van der Waals surface area contributed by atoms with Crippen LogP contribution in [0.1, 0.15) is 11.1 Å². The van der Waals surface area contributed by atoms with Crippen molar-refractivity contribution in [2.45, 2.75) is 13.5 Å². The van der Waals surface area contributed by atoms with E-state index in [1.165, 1.54) is 11.8 Å². The van der Waals surface area contributed by atoms with Crippen molar-refractivity contribution in [3.8, 4) is 5.75 Å². The van der Waals surface area contributed by atoms with Crippen molar-refractivity contribution in [1.29, 1.82) is 0 Å². The van der Waals surface area contributed by atoms with Crippen molar-refractivity contribution in [3.05, 3.63) is 75.1 Å². The van der Waals surface area contributed by atoms with Gasteiger partial charge in [0.05, 0.1) is 5.39 Å². The SMILES string of the molecule is Cc1cccc(COc2ccc3c(=O)c(Cl)coc3c2)c1. The Labute approximate surface area is 126 Å². The van der Waals surface area contributed by atoms with Gasteiger partial charge in [-0.25, -0.2) is 0 Å². The topological polar surface area (TPSA) is 39.4 Å². The molecule has 3 nitrogen and oxygen atoms in total. The number of halogens is 1. The second kappa shape index (κ2) is 5.62. The van der Waals surface area contributed by atoms with Crippen LogP contribution in [0.2, 0.25) is 5.02 Å². The van der Waals surface area contributed by atoms with Gasteiger partial charge in [-0.3, -0.25) is 4.79 Å². The predicted molar refractivity (Wildman–Crippen MR) is 83.0 cm³/mol. The third-order valence-electron chi connectivity index (χ3n) is 3.19. The fraction of sp³-hybridized carbons (Fsp3) is 0.118. The van der Waals surface area contributed by atoms with Crippen LogP contribution >= 0.6 is 11.6 Å². The van der Waals surface area contributed by atoms with Crippen LogP contribution in [0.25, 0.3) is 11.0 Å². The minimum absolute atomic E-state index is 0.0796. The summed E-state index contributed by atoms with van der Waals surface area (Å²) in [6.45, 7) is 2.50. The standard InChI is InChI=1S/C17H13ClO3/c1-11-3-2-4-12(7-11)9-20-13-5-6-14-16(8-13)21-10-15(18)17(14)19/h2-8,10H,9H2,1H3. The van der Waals surface area contributed by atoms with Crippen molar-refractivity contribution in [3.63, 3.8) is 0 Å². The second-order valence-corrected chi connectivity index (χ2v) is 5.26. The molecule has 0 spiro atoms. The molecule has 0 bridgehead atoms. The van der Waals surface area contributed by atoms with Crippen LogP contribution in [-0.2, 0) is 6.61 Å². The van der Waals surface area contributed by atoms with Crippen LogP contribution in [0.4, 0.5) is 0 Å². The molecule has 0 unspecified atom stereocenters. The van der Waals surface area contributed by atoms with Crippen molar-refractivity contribution >= 4 is 22.6 Å². The number of ether oxygens (including phenoxy) is 1. The molecule has 0 fully saturated rings. The largest absolute Gasteiger partial charge is 0.489 e. The van der Waals surface area contributed by atoms with Crippen molar-refractivity contribution in [1.82, 2.24) is 0 Å². The highest BCUT2D eigenvalue weighted by Crippen LogP contribution is 2.21. The molecule has 0 amide bonds. The number of hydrogen-bond donors (Lipinski definition) is 0. The van der Waals surface area contributed by atoms with Crippen LogP contribution in [0, 0.1) is 6.92 Å². The Morgan fingerprint density at radius 1 is 1.19 bits per heavy atom. The maximum atomic E-state index is 11.8. The fourth-order valence-electron chi connectivity index (χ4n) is 2.14. The molecule has 1 heterocycles. The summed E-state index contributed by atoms with van der Waals surface area (Å²) in [6.07, 6.45) is 1.25. The van der Waals surface area contributed by atoms with Gasteiger partial charge in [-0.15, -0.1) is 0 Å². The molecule has 4 heteroatoms. The smallest absolute Gasteiger partial charge is 0.211 e. The van der Waals surface area contributed by atoms with E-state index in [2.05, 4.69) is 6.07 Å². The lowest BCUT2D eigenvalue weighted by atomic mass is 10.1. The molecular weight excluding hydrogens is 288 g/mol. The van der Waals surface area contributed by atoms with E-state index in [1.54, 1.807) is 18.2 Å². The first-order chi connectivity index (χ1) is 10.1. The Balaban J connectivity index is 1.85. The molecule has 1 aromatic heterocycles. The zero-order valence-corrected chi connectivity index (χ0v) is 12.2. The molecule has 0 atom stereocenters. The second-order valence-electron chi connectivity index (χ2n) is 4.85. The summed E-state index contributed by atoms with van der Waals surface area (Å²) >= 11 is 5.75. The Morgan fingerprint density at radius 2 is 2.05 bits per heavy atom. The maximum Gasteiger partial charge on any atom is 0.211 e. The monoisotopic (exact) mass is 300 g/mol. The Morgan fingerprint density at radius 3 is 2.86 bits per heavy atom. The summed E-state index contributed by atoms with van der Waals surface area (Å²) in [6, 6.07) is 13.2. The number of rotatable bonds is 3. The van der Waals surface area contributed by atoms with Gasteiger partial charge in [-0.05, 0) is 24.6 Å². The number of aryl methyl sites for hydroxylation is 1. The molecule has 0 aliphatic heterocycles. The molecule has 0 aliphatic rings. The van der Waals surface area contributed by atoms with Gasteiger partial charge in [0.1, 0.15) is 29.2 Å². The molecule has 0 saturated carbocycles. The molecule has 21 heavy (non-hydrogen) atoms. The third-order valence-corrected chi connectivity index (χ3v) is 3.45. The zero-order chi connectivity index (χ0) is 14.8. The number of benzene rings is 2. The highest BCUT2D eigenvalue weighted by Gasteiger charge is 2.06. The molecule has 0 saturated heterocycles. The summed E-state index contributed by atoms with van der Waals surface area (Å²) in [5.74, 6) is 0.648. The van der Waals surface area contributed by atoms with Gasteiger partial charge in [0.25, 0.3) is 0 Å². The lowest BCUT2D eigenvalue weighted by Gasteiger charge is -2.07. The average molecular weight is 301 g/mol. The third kappa shape index (κ3) is 2.93. The Bertz CT molecular complexity index is 852. The average Bonchev–Trinajstić information content (AvgIpc) is 2.49. The molecule has 106 valence electrons.